The highest BCUT2D eigenvalue weighted by molar-refractivity contribution is 5.89. The molecule has 1 N–H and O–H groups in total. The molecule has 9 heteroatoms. The Labute approximate surface area is 220 Å². The van der Waals surface area contributed by atoms with Crippen LogP contribution in [0.4, 0.5) is 10.1 Å². The van der Waals surface area contributed by atoms with Crippen molar-refractivity contribution in [1.29, 1.82) is 0 Å². The summed E-state index contributed by atoms with van der Waals surface area (Å²) in [5.74, 6) is -0.763. The monoisotopic (exact) mass is 517 g/mol. The lowest BCUT2D eigenvalue weighted by Gasteiger charge is -2.33. The number of piperidine rings is 1. The quantitative estimate of drug-likeness (QED) is 0.383. The number of likely N-dealkylation sites (tertiary alicyclic amines) is 1. The van der Waals surface area contributed by atoms with E-state index in [1.807, 2.05) is 26.1 Å². The first-order valence-corrected chi connectivity index (χ1v) is 12.8. The third kappa shape index (κ3) is 4.69. The number of ether oxygens (including phenoxy) is 1. The molecule has 0 atom stereocenters. The highest BCUT2D eigenvalue weighted by Gasteiger charge is 2.26. The lowest BCUT2D eigenvalue weighted by atomic mass is 9.85. The third-order valence-corrected chi connectivity index (χ3v) is 7.61. The van der Waals surface area contributed by atoms with Crippen LogP contribution in [0.3, 0.4) is 0 Å². The van der Waals surface area contributed by atoms with E-state index >= 15 is 0 Å². The maximum Gasteiger partial charge on any atom is 0.337 e. The van der Waals surface area contributed by atoms with Gasteiger partial charge in [0.2, 0.25) is 0 Å². The number of benzene rings is 1. The number of hydrogen-bond acceptors (Lipinski definition) is 6. The molecule has 8 nitrogen and oxygen atoms in total. The molecule has 0 amide bonds. The van der Waals surface area contributed by atoms with Crippen molar-refractivity contribution in [3.63, 3.8) is 0 Å². The number of esters is 1. The summed E-state index contributed by atoms with van der Waals surface area (Å²) >= 11 is 0. The summed E-state index contributed by atoms with van der Waals surface area (Å²) in [5, 5.41) is 3.92. The number of methoxy groups -OCH3 is 1. The average Bonchev–Trinajstić information content (AvgIpc) is 3.23. The summed E-state index contributed by atoms with van der Waals surface area (Å²) in [4.78, 5) is 31.5. The summed E-state index contributed by atoms with van der Waals surface area (Å²) in [6, 6.07) is 10.4. The molecule has 1 fully saturated rings. The molecule has 5 rings (SSSR count). The fourth-order valence-electron chi connectivity index (χ4n) is 5.57. The van der Waals surface area contributed by atoms with Crippen LogP contribution >= 0.6 is 0 Å². The molecule has 0 radical (unpaired) electrons. The van der Waals surface area contributed by atoms with Gasteiger partial charge in [-0.05, 0) is 80.2 Å². The van der Waals surface area contributed by atoms with Gasteiger partial charge in [0.25, 0.3) is 5.56 Å². The van der Waals surface area contributed by atoms with E-state index in [1.54, 1.807) is 36.1 Å². The van der Waals surface area contributed by atoms with Crippen molar-refractivity contribution in [3.8, 4) is 5.69 Å². The van der Waals surface area contributed by atoms with Crippen LogP contribution in [0.15, 0.2) is 53.6 Å². The third-order valence-electron chi connectivity index (χ3n) is 7.61. The van der Waals surface area contributed by atoms with Crippen LogP contribution in [0.5, 0.6) is 0 Å². The highest BCUT2D eigenvalue weighted by atomic mass is 19.1. The zero-order chi connectivity index (χ0) is 27.0. The van der Waals surface area contributed by atoms with Gasteiger partial charge in [0.1, 0.15) is 11.5 Å². The number of nitrogens with one attached hydrogen (secondary N) is 1. The first-order valence-electron chi connectivity index (χ1n) is 12.8. The first kappa shape index (κ1) is 25.7. The number of fused-ring (bicyclic) bond motifs is 1. The standard InChI is InChI=1S/C29H32FN5O3/c1-18-13-20(29(37)38-4)14-24(30)27(18)19-6-10-34(11-7-19)17-22-16-23-25(5-9-32-28(23)33(22)3)35-12-8-21(31-2)15-26(35)36/h5,8-9,12-16,19,31H,6-7,10-11,17H2,1-4H3. The van der Waals surface area contributed by atoms with E-state index in [1.165, 1.54) is 13.2 Å². The molecule has 4 aromatic rings. The number of carbonyl (C=O) groups excluding carboxylic acids is 1. The van der Waals surface area contributed by atoms with Gasteiger partial charge in [0, 0.05) is 55.9 Å². The number of pyridine rings is 2. The van der Waals surface area contributed by atoms with Crippen molar-refractivity contribution < 1.29 is 13.9 Å². The second-order valence-electron chi connectivity index (χ2n) is 9.87. The summed E-state index contributed by atoms with van der Waals surface area (Å²) in [5.41, 5.74) is 5.10. The molecule has 1 saturated heterocycles. The highest BCUT2D eigenvalue weighted by Crippen LogP contribution is 2.34. The number of rotatable bonds is 6. The van der Waals surface area contributed by atoms with Crippen molar-refractivity contribution >= 4 is 22.7 Å². The number of carbonyl (C=O) groups is 1. The second kappa shape index (κ2) is 10.4. The molecule has 0 aliphatic carbocycles. The van der Waals surface area contributed by atoms with Gasteiger partial charge in [-0.25, -0.2) is 14.2 Å². The summed E-state index contributed by atoms with van der Waals surface area (Å²) in [6.07, 6.45) is 5.17. The molecular weight excluding hydrogens is 485 g/mol. The van der Waals surface area contributed by atoms with Crippen molar-refractivity contribution in [1.82, 2.24) is 19.0 Å². The predicted octanol–water partition coefficient (Wildman–Crippen LogP) is 4.38. The van der Waals surface area contributed by atoms with E-state index in [4.69, 9.17) is 4.74 Å². The lowest BCUT2D eigenvalue weighted by Crippen LogP contribution is -2.33. The lowest BCUT2D eigenvalue weighted by molar-refractivity contribution is 0.0600. The fourth-order valence-corrected chi connectivity index (χ4v) is 5.57. The van der Waals surface area contributed by atoms with E-state index < -0.39 is 5.97 Å². The fraction of sp³-hybridized carbons (Fsp3) is 0.345. The van der Waals surface area contributed by atoms with Crippen molar-refractivity contribution in [2.45, 2.75) is 32.2 Å². The molecule has 1 aliphatic heterocycles. The van der Waals surface area contributed by atoms with Crippen LogP contribution < -0.4 is 10.9 Å². The number of halogens is 1. The molecule has 0 saturated carbocycles. The Balaban J connectivity index is 1.34. The van der Waals surface area contributed by atoms with E-state index in [-0.39, 0.29) is 22.9 Å². The number of nitrogens with zero attached hydrogens (tertiary/aromatic N) is 4. The Morgan fingerprint density at radius 2 is 1.95 bits per heavy atom. The van der Waals surface area contributed by atoms with Gasteiger partial charge in [0.05, 0.1) is 18.4 Å². The normalized spacial score (nSPS) is 14.7. The van der Waals surface area contributed by atoms with E-state index in [0.29, 0.717) is 5.56 Å². The van der Waals surface area contributed by atoms with Gasteiger partial charge in [0.15, 0.2) is 0 Å². The molecular formula is C29H32FN5O3. The minimum absolute atomic E-state index is 0.103. The first-order chi connectivity index (χ1) is 18.3. The van der Waals surface area contributed by atoms with Crippen LogP contribution in [-0.4, -0.2) is 52.2 Å². The Morgan fingerprint density at radius 3 is 2.61 bits per heavy atom. The Morgan fingerprint density at radius 1 is 1.18 bits per heavy atom. The van der Waals surface area contributed by atoms with E-state index in [9.17, 15) is 14.0 Å². The molecule has 0 spiro atoms. The zero-order valence-electron chi connectivity index (χ0n) is 22.1. The Bertz CT molecular complexity index is 1540. The summed E-state index contributed by atoms with van der Waals surface area (Å²) in [6.45, 7) is 4.24. The largest absolute Gasteiger partial charge is 0.465 e. The molecule has 4 heterocycles. The molecule has 1 aromatic carbocycles. The van der Waals surface area contributed by atoms with Crippen molar-refractivity contribution in [3.05, 3.63) is 87.3 Å². The van der Waals surface area contributed by atoms with Gasteiger partial charge < -0.3 is 14.6 Å². The molecule has 198 valence electrons. The molecule has 38 heavy (non-hydrogen) atoms. The van der Waals surface area contributed by atoms with Crippen LogP contribution in [-0.2, 0) is 18.3 Å². The smallest absolute Gasteiger partial charge is 0.337 e. The van der Waals surface area contributed by atoms with Crippen LogP contribution in [0.2, 0.25) is 0 Å². The van der Waals surface area contributed by atoms with Gasteiger partial charge >= 0.3 is 5.97 Å². The van der Waals surface area contributed by atoms with Crippen molar-refractivity contribution in [2.75, 3.05) is 32.6 Å². The summed E-state index contributed by atoms with van der Waals surface area (Å²) < 4.78 is 23.5. The second-order valence-corrected chi connectivity index (χ2v) is 9.87. The topological polar surface area (TPSA) is 81.4 Å². The molecule has 0 bridgehead atoms. The van der Waals surface area contributed by atoms with Crippen LogP contribution in [0, 0.1) is 12.7 Å². The molecule has 1 aliphatic rings. The van der Waals surface area contributed by atoms with Gasteiger partial charge in [-0.3, -0.25) is 14.3 Å². The molecule has 3 aromatic heterocycles. The molecule has 0 unspecified atom stereocenters. The maximum absolute atomic E-state index is 15.0. The SMILES string of the molecule is CNc1ccn(-c2ccnc3c2cc(CN2CCC(c4c(C)cc(C(=O)OC)cc4F)CC2)n3C)c(=O)c1. The summed E-state index contributed by atoms with van der Waals surface area (Å²) in [7, 11) is 5.08. The number of hydrogen-bond donors (Lipinski definition) is 1. The Hall–Kier alpha value is -3.98. The number of aryl methyl sites for hydroxylation is 2. The van der Waals surface area contributed by atoms with Crippen LogP contribution in [0.25, 0.3) is 16.7 Å². The van der Waals surface area contributed by atoms with Crippen molar-refractivity contribution in [2.24, 2.45) is 7.05 Å². The Kier molecular flexibility index (Phi) is 7.03. The van der Waals surface area contributed by atoms with Gasteiger partial charge in [-0.2, -0.15) is 0 Å². The maximum atomic E-state index is 15.0. The average molecular weight is 518 g/mol. The van der Waals surface area contributed by atoms with E-state index in [0.717, 1.165) is 66.1 Å². The minimum atomic E-state index is -0.527. The van der Waals surface area contributed by atoms with Crippen LogP contribution in [0.1, 0.15) is 45.9 Å². The zero-order valence-corrected chi connectivity index (χ0v) is 22.1. The minimum Gasteiger partial charge on any atom is -0.465 e. The predicted molar refractivity (Wildman–Crippen MR) is 146 cm³/mol. The number of aromatic nitrogens is 3. The van der Waals surface area contributed by atoms with Gasteiger partial charge in [-0.1, -0.05) is 0 Å². The number of anilines is 1. The van der Waals surface area contributed by atoms with Gasteiger partial charge in [-0.15, -0.1) is 0 Å². The van der Waals surface area contributed by atoms with E-state index in [2.05, 4.69) is 25.8 Å².